The van der Waals surface area contributed by atoms with Gasteiger partial charge < -0.3 is 14.6 Å². The van der Waals surface area contributed by atoms with Crippen LogP contribution in [0.2, 0.25) is 0 Å². The van der Waals surface area contributed by atoms with E-state index in [-0.39, 0.29) is 6.61 Å². The first kappa shape index (κ1) is 12.7. The van der Waals surface area contributed by atoms with E-state index in [9.17, 15) is 4.79 Å². The van der Waals surface area contributed by atoms with Gasteiger partial charge in [-0.05, 0) is 25.0 Å². The number of rotatable bonds is 7. The van der Waals surface area contributed by atoms with Gasteiger partial charge in [-0.3, -0.25) is 10.1 Å². The van der Waals surface area contributed by atoms with Crippen molar-refractivity contribution in [3.63, 3.8) is 0 Å². The molecule has 2 N–H and O–H groups in total. The predicted molar refractivity (Wildman–Crippen MR) is 66.1 cm³/mol. The minimum atomic E-state index is -0.884. The van der Waals surface area contributed by atoms with Crippen molar-refractivity contribution < 1.29 is 19.4 Å². The van der Waals surface area contributed by atoms with Gasteiger partial charge in [0.05, 0.1) is 7.11 Å². The fourth-order valence-electron chi connectivity index (χ4n) is 1.60. The molecule has 0 heterocycles. The Morgan fingerprint density at radius 1 is 1.50 bits per heavy atom. The lowest BCUT2D eigenvalue weighted by Crippen LogP contribution is -2.42. The highest BCUT2D eigenvalue weighted by molar-refractivity contribution is 5.73. The molecule has 5 heteroatoms. The third-order valence-corrected chi connectivity index (χ3v) is 2.77. The number of benzene rings is 1. The summed E-state index contributed by atoms with van der Waals surface area (Å²) in [5, 5.41) is 12.1. The highest BCUT2D eigenvalue weighted by Crippen LogP contribution is 2.21. The molecule has 1 aromatic carbocycles. The number of hydrogen-bond donors (Lipinski definition) is 2. The molecule has 0 aromatic heterocycles. The zero-order valence-electron chi connectivity index (χ0n) is 10.3. The molecule has 0 saturated heterocycles. The van der Waals surface area contributed by atoms with Crippen LogP contribution in [0.5, 0.6) is 11.5 Å². The molecule has 0 spiro atoms. The van der Waals surface area contributed by atoms with Gasteiger partial charge in [0.25, 0.3) is 0 Å². The average Bonchev–Trinajstić information content (AvgIpc) is 3.18. The van der Waals surface area contributed by atoms with E-state index in [1.165, 1.54) is 0 Å². The number of aliphatic carboxylic acids is 1. The summed E-state index contributed by atoms with van der Waals surface area (Å²) in [6.07, 6.45) is 2.09. The van der Waals surface area contributed by atoms with Crippen molar-refractivity contribution in [3.05, 3.63) is 24.3 Å². The lowest BCUT2D eigenvalue weighted by molar-refractivity contribution is -0.140. The van der Waals surface area contributed by atoms with Crippen LogP contribution in [0.4, 0.5) is 0 Å². The van der Waals surface area contributed by atoms with E-state index in [4.69, 9.17) is 14.6 Å². The van der Waals surface area contributed by atoms with Gasteiger partial charge in [-0.1, -0.05) is 6.07 Å². The van der Waals surface area contributed by atoms with Crippen LogP contribution < -0.4 is 14.8 Å². The fraction of sp³-hybridized carbons (Fsp3) is 0.462. The number of carbonyl (C=O) groups is 1. The second-order valence-corrected chi connectivity index (χ2v) is 4.32. The molecule has 1 aliphatic carbocycles. The first-order valence-electron chi connectivity index (χ1n) is 5.95. The van der Waals surface area contributed by atoms with E-state index >= 15 is 0 Å². The highest BCUT2D eigenvalue weighted by atomic mass is 16.5. The summed E-state index contributed by atoms with van der Waals surface area (Å²) in [4.78, 5) is 11.0. The maximum Gasteiger partial charge on any atom is 0.324 e. The van der Waals surface area contributed by atoms with Crippen molar-refractivity contribution in [2.75, 3.05) is 13.7 Å². The van der Waals surface area contributed by atoms with Crippen molar-refractivity contribution in [1.29, 1.82) is 0 Å². The van der Waals surface area contributed by atoms with Gasteiger partial charge in [-0.2, -0.15) is 0 Å². The summed E-state index contributed by atoms with van der Waals surface area (Å²) >= 11 is 0. The molecule has 1 saturated carbocycles. The maximum atomic E-state index is 11.0. The summed E-state index contributed by atoms with van der Waals surface area (Å²) in [5.41, 5.74) is 0. The molecule has 0 aliphatic heterocycles. The zero-order chi connectivity index (χ0) is 13.0. The van der Waals surface area contributed by atoms with E-state index in [0.29, 0.717) is 17.5 Å². The normalized spacial score (nSPS) is 16.1. The molecule has 0 bridgehead atoms. The third kappa shape index (κ3) is 3.63. The van der Waals surface area contributed by atoms with Crippen molar-refractivity contribution in [1.82, 2.24) is 5.32 Å². The fourth-order valence-corrected chi connectivity index (χ4v) is 1.60. The van der Waals surface area contributed by atoms with Crippen molar-refractivity contribution >= 4 is 5.97 Å². The molecule has 1 fully saturated rings. The molecule has 1 unspecified atom stereocenters. The first-order chi connectivity index (χ1) is 8.69. The Morgan fingerprint density at radius 3 is 2.83 bits per heavy atom. The molecule has 1 aliphatic rings. The molecule has 1 aromatic rings. The molecule has 98 valence electrons. The van der Waals surface area contributed by atoms with Crippen LogP contribution in [0.1, 0.15) is 12.8 Å². The molecule has 5 nitrogen and oxygen atoms in total. The predicted octanol–water partition coefficient (Wildman–Crippen LogP) is 1.28. The van der Waals surface area contributed by atoms with Gasteiger partial charge in [-0.15, -0.1) is 0 Å². The van der Waals surface area contributed by atoms with Gasteiger partial charge in [-0.25, -0.2) is 0 Å². The minimum absolute atomic E-state index is 0.110. The Kier molecular flexibility index (Phi) is 4.04. The third-order valence-electron chi connectivity index (χ3n) is 2.77. The van der Waals surface area contributed by atoms with Gasteiger partial charge in [0.15, 0.2) is 0 Å². The Morgan fingerprint density at radius 2 is 2.22 bits per heavy atom. The van der Waals surface area contributed by atoms with Crippen LogP contribution >= 0.6 is 0 Å². The molecule has 1 atom stereocenters. The average molecular weight is 251 g/mol. The smallest absolute Gasteiger partial charge is 0.324 e. The van der Waals surface area contributed by atoms with E-state index in [0.717, 1.165) is 12.8 Å². The zero-order valence-corrected chi connectivity index (χ0v) is 10.3. The van der Waals surface area contributed by atoms with Crippen LogP contribution in [0.25, 0.3) is 0 Å². The van der Waals surface area contributed by atoms with Gasteiger partial charge >= 0.3 is 5.97 Å². The summed E-state index contributed by atoms with van der Waals surface area (Å²) in [7, 11) is 1.58. The van der Waals surface area contributed by atoms with Crippen LogP contribution in [-0.4, -0.2) is 36.9 Å². The van der Waals surface area contributed by atoms with Crippen LogP contribution in [0, 0.1) is 0 Å². The number of hydrogen-bond acceptors (Lipinski definition) is 4. The number of carboxylic acids is 1. The molecule has 18 heavy (non-hydrogen) atoms. The Labute approximate surface area is 106 Å². The Balaban J connectivity index is 1.88. The van der Waals surface area contributed by atoms with Crippen LogP contribution in [0.15, 0.2) is 24.3 Å². The van der Waals surface area contributed by atoms with Crippen LogP contribution in [0.3, 0.4) is 0 Å². The highest BCUT2D eigenvalue weighted by Gasteiger charge is 2.28. The van der Waals surface area contributed by atoms with E-state index < -0.39 is 12.0 Å². The SMILES string of the molecule is COc1cccc(OCC(NC2CC2)C(=O)O)c1. The molecule has 2 rings (SSSR count). The number of methoxy groups -OCH3 is 1. The minimum Gasteiger partial charge on any atom is -0.497 e. The van der Waals surface area contributed by atoms with Crippen molar-refractivity contribution in [2.24, 2.45) is 0 Å². The van der Waals surface area contributed by atoms with E-state index in [2.05, 4.69) is 5.32 Å². The van der Waals surface area contributed by atoms with Crippen molar-refractivity contribution in [3.8, 4) is 11.5 Å². The first-order valence-corrected chi connectivity index (χ1v) is 5.95. The second-order valence-electron chi connectivity index (χ2n) is 4.32. The standard InChI is InChI=1S/C13H17NO4/c1-17-10-3-2-4-11(7-10)18-8-12(13(15)16)14-9-5-6-9/h2-4,7,9,12,14H,5-6,8H2,1H3,(H,15,16). The maximum absolute atomic E-state index is 11.0. The summed E-state index contributed by atoms with van der Waals surface area (Å²) in [5.74, 6) is 0.414. The van der Waals surface area contributed by atoms with Gasteiger partial charge in [0.1, 0.15) is 24.1 Å². The largest absolute Gasteiger partial charge is 0.497 e. The Hall–Kier alpha value is -1.75. The summed E-state index contributed by atoms with van der Waals surface area (Å²) in [6.45, 7) is 0.110. The number of nitrogens with one attached hydrogen (secondary N) is 1. The van der Waals surface area contributed by atoms with Crippen molar-refractivity contribution in [2.45, 2.75) is 24.9 Å². The molecule has 0 amide bonds. The summed E-state index contributed by atoms with van der Waals surface area (Å²) in [6, 6.07) is 6.79. The molecular formula is C13H17NO4. The molecule has 0 radical (unpaired) electrons. The molecular weight excluding hydrogens is 234 g/mol. The lowest BCUT2D eigenvalue weighted by Gasteiger charge is -2.15. The van der Waals surface area contributed by atoms with E-state index in [1.54, 1.807) is 25.3 Å². The topological polar surface area (TPSA) is 67.8 Å². The second kappa shape index (κ2) is 5.73. The van der Waals surface area contributed by atoms with Gasteiger partial charge in [0.2, 0.25) is 0 Å². The van der Waals surface area contributed by atoms with E-state index in [1.807, 2.05) is 6.07 Å². The quantitative estimate of drug-likeness (QED) is 0.764. The van der Waals surface area contributed by atoms with Crippen LogP contribution in [-0.2, 0) is 4.79 Å². The number of ether oxygens (including phenoxy) is 2. The summed E-state index contributed by atoms with van der Waals surface area (Å²) < 4.78 is 10.5. The number of carboxylic acid groups (broad SMARTS) is 1. The Bertz CT molecular complexity index is 417. The monoisotopic (exact) mass is 251 g/mol. The van der Waals surface area contributed by atoms with Gasteiger partial charge in [0, 0.05) is 12.1 Å². The lowest BCUT2D eigenvalue weighted by atomic mass is 10.3.